The summed E-state index contributed by atoms with van der Waals surface area (Å²) in [4.78, 5) is 0. The number of hydrogen-bond donors (Lipinski definition) is 0. The van der Waals surface area contributed by atoms with Crippen LogP contribution in [0.2, 0.25) is 0 Å². The Morgan fingerprint density at radius 2 is 1.64 bits per heavy atom. The Bertz CT molecular complexity index is 521. The molecule has 1 aromatic carbocycles. The highest BCUT2D eigenvalue weighted by Crippen LogP contribution is 2.50. The van der Waals surface area contributed by atoms with Crippen molar-refractivity contribution >= 4 is 7.82 Å². The molecule has 9 heteroatoms. The lowest BCUT2D eigenvalue weighted by atomic mass is 10.2. The second kappa shape index (κ2) is 7.94. The first kappa shape index (κ1) is 18.9. The van der Waals surface area contributed by atoms with Gasteiger partial charge in [-0.2, -0.15) is 13.2 Å². The van der Waals surface area contributed by atoms with Gasteiger partial charge in [0.05, 0.1) is 18.8 Å². The maximum Gasteiger partial charge on any atom is 0.530 e. The highest BCUT2D eigenvalue weighted by Gasteiger charge is 2.36. The number of alkyl halides is 3. The van der Waals surface area contributed by atoms with Gasteiger partial charge in [-0.1, -0.05) is 13.8 Å². The number of halogens is 4. The van der Waals surface area contributed by atoms with Crippen LogP contribution in [0.25, 0.3) is 0 Å². The molecule has 0 amide bonds. The van der Waals surface area contributed by atoms with Gasteiger partial charge in [-0.15, -0.1) is 0 Å². The van der Waals surface area contributed by atoms with Crippen molar-refractivity contribution in [3.8, 4) is 5.75 Å². The molecule has 1 rings (SSSR count). The average molecular weight is 344 g/mol. The van der Waals surface area contributed by atoms with Crippen LogP contribution in [0.4, 0.5) is 17.6 Å². The molecule has 0 bridgehead atoms. The first-order chi connectivity index (χ1) is 10.2. The van der Waals surface area contributed by atoms with E-state index in [4.69, 9.17) is 13.6 Å². The number of benzene rings is 1. The van der Waals surface area contributed by atoms with Crippen molar-refractivity contribution in [1.29, 1.82) is 0 Å². The van der Waals surface area contributed by atoms with Crippen molar-refractivity contribution in [2.45, 2.75) is 32.9 Å². The zero-order valence-corrected chi connectivity index (χ0v) is 13.0. The zero-order valence-electron chi connectivity index (χ0n) is 12.2. The number of phosphoric acid groups is 1. The molecule has 0 spiro atoms. The van der Waals surface area contributed by atoms with Crippen LogP contribution in [-0.2, 0) is 19.8 Å². The van der Waals surface area contributed by atoms with E-state index >= 15 is 0 Å². The first-order valence-electron chi connectivity index (χ1n) is 6.67. The Morgan fingerprint density at radius 1 is 1.09 bits per heavy atom. The molecule has 1 aromatic rings. The van der Waals surface area contributed by atoms with Gasteiger partial charge in [-0.3, -0.25) is 9.05 Å². The molecule has 0 atom stereocenters. The molecule has 0 N–H and O–H groups in total. The third kappa shape index (κ3) is 5.59. The fourth-order valence-electron chi connectivity index (χ4n) is 1.40. The maximum absolute atomic E-state index is 13.2. The quantitative estimate of drug-likeness (QED) is 0.481. The van der Waals surface area contributed by atoms with Crippen LogP contribution in [0.5, 0.6) is 5.75 Å². The van der Waals surface area contributed by atoms with Crippen LogP contribution >= 0.6 is 7.82 Å². The van der Waals surface area contributed by atoms with Gasteiger partial charge in [-0.25, -0.2) is 8.96 Å². The highest BCUT2D eigenvalue weighted by molar-refractivity contribution is 7.48. The topological polar surface area (TPSA) is 44.8 Å². The molecule has 0 aromatic heterocycles. The smallest absolute Gasteiger partial charge is 0.404 e. The Labute approximate surface area is 126 Å². The van der Waals surface area contributed by atoms with Gasteiger partial charge < -0.3 is 4.52 Å². The van der Waals surface area contributed by atoms with E-state index in [1.54, 1.807) is 13.8 Å². The van der Waals surface area contributed by atoms with Gasteiger partial charge in [0.15, 0.2) is 0 Å². The van der Waals surface area contributed by atoms with Crippen LogP contribution in [0.15, 0.2) is 18.2 Å². The van der Waals surface area contributed by atoms with E-state index < -0.39 is 31.1 Å². The van der Waals surface area contributed by atoms with Gasteiger partial charge >= 0.3 is 14.0 Å². The lowest BCUT2D eigenvalue weighted by Crippen LogP contribution is -2.09. The molecule has 0 unspecified atom stereocenters. The molecular weight excluding hydrogens is 327 g/mol. The van der Waals surface area contributed by atoms with Gasteiger partial charge in [0, 0.05) is 0 Å². The van der Waals surface area contributed by atoms with Gasteiger partial charge in [0.2, 0.25) is 0 Å². The average Bonchev–Trinajstić information content (AvgIpc) is 2.44. The van der Waals surface area contributed by atoms with E-state index in [-0.39, 0.29) is 13.2 Å². The third-order valence-corrected chi connectivity index (χ3v) is 3.80. The molecule has 0 fully saturated rings. The molecule has 0 saturated heterocycles. The van der Waals surface area contributed by atoms with Gasteiger partial charge in [0.1, 0.15) is 11.6 Å². The molecule has 22 heavy (non-hydrogen) atoms. The minimum atomic E-state index is -4.89. The van der Waals surface area contributed by atoms with Crippen molar-refractivity contribution in [1.82, 2.24) is 0 Å². The molecule has 0 heterocycles. The Balaban J connectivity index is 3.00. The summed E-state index contributed by atoms with van der Waals surface area (Å²) in [5, 5.41) is 0. The largest absolute Gasteiger partial charge is 0.530 e. The van der Waals surface area contributed by atoms with E-state index in [1.807, 2.05) is 0 Å². The Morgan fingerprint density at radius 3 is 2.09 bits per heavy atom. The van der Waals surface area contributed by atoms with Crippen LogP contribution in [0.3, 0.4) is 0 Å². The predicted molar refractivity (Wildman–Crippen MR) is 72.1 cm³/mol. The maximum atomic E-state index is 13.2. The summed E-state index contributed by atoms with van der Waals surface area (Å²) < 4.78 is 78.3. The summed E-state index contributed by atoms with van der Waals surface area (Å²) in [5.41, 5.74) is -1.51. The van der Waals surface area contributed by atoms with E-state index in [0.29, 0.717) is 25.0 Å². The van der Waals surface area contributed by atoms with E-state index in [0.717, 1.165) is 6.07 Å². The van der Waals surface area contributed by atoms with E-state index in [2.05, 4.69) is 0 Å². The van der Waals surface area contributed by atoms with Gasteiger partial charge in [-0.05, 0) is 31.0 Å². The van der Waals surface area contributed by atoms with Crippen LogP contribution in [-0.4, -0.2) is 13.2 Å². The zero-order chi connectivity index (χ0) is 16.8. The Kier molecular flexibility index (Phi) is 6.84. The Hall–Kier alpha value is -1.11. The summed E-state index contributed by atoms with van der Waals surface area (Å²) in [5.74, 6) is -1.89. The van der Waals surface area contributed by atoms with Crippen LogP contribution < -0.4 is 4.52 Å². The standard InChI is InChI=1S/C13H17F4O4P/c1-3-7-19-22(18,20-8-4-2)21-10-5-6-12(14)11(9-10)13(15,16)17/h5-6,9H,3-4,7-8H2,1-2H3. The molecule has 4 nitrogen and oxygen atoms in total. The molecule has 0 radical (unpaired) electrons. The van der Waals surface area contributed by atoms with Crippen LogP contribution in [0.1, 0.15) is 32.3 Å². The number of hydrogen-bond acceptors (Lipinski definition) is 4. The summed E-state index contributed by atoms with van der Waals surface area (Å²) in [6.07, 6.45) is -3.86. The van der Waals surface area contributed by atoms with Crippen molar-refractivity contribution < 1.29 is 35.7 Å². The lowest BCUT2D eigenvalue weighted by Gasteiger charge is -2.19. The third-order valence-electron chi connectivity index (χ3n) is 2.37. The number of phosphoric ester groups is 1. The summed E-state index contributed by atoms with van der Waals surface area (Å²) in [6.45, 7) is 3.61. The normalized spacial score (nSPS) is 12.5. The van der Waals surface area contributed by atoms with Crippen molar-refractivity contribution in [3.05, 3.63) is 29.6 Å². The van der Waals surface area contributed by atoms with Crippen molar-refractivity contribution in [2.24, 2.45) is 0 Å². The van der Waals surface area contributed by atoms with Crippen LogP contribution in [0, 0.1) is 5.82 Å². The molecular formula is C13H17F4O4P. The summed E-state index contributed by atoms with van der Waals surface area (Å²) >= 11 is 0. The molecule has 0 aliphatic rings. The SMILES string of the molecule is CCCOP(=O)(OCCC)Oc1ccc(F)c(C(F)(F)F)c1. The van der Waals surface area contributed by atoms with Crippen molar-refractivity contribution in [2.75, 3.05) is 13.2 Å². The van der Waals surface area contributed by atoms with Gasteiger partial charge in [0.25, 0.3) is 0 Å². The van der Waals surface area contributed by atoms with E-state index in [1.165, 1.54) is 0 Å². The van der Waals surface area contributed by atoms with Crippen molar-refractivity contribution in [3.63, 3.8) is 0 Å². The van der Waals surface area contributed by atoms with E-state index in [9.17, 15) is 22.1 Å². The molecule has 0 aliphatic carbocycles. The molecule has 0 aliphatic heterocycles. The second-order valence-corrected chi connectivity index (χ2v) is 5.94. The fourth-order valence-corrected chi connectivity index (χ4v) is 2.77. The summed E-state index contributed by atoms with van der Waals surface area (Å²) in [7, 11) is -4.05. The fraction of sp³-hybridized carbons (Fsp3) is 0.538. The predicted octanol–water partition coefficient (Wildman–Crippen LogP) is 5.18. The lowest BCUT2D eigenvalue weighted by molar-refractivity contribution is -0.140. The number of rotatable bonds is 8. The monoisotopic (exact) mass is 344 g/mol. The minimum Gasteiger partial charge on any atom is -0.404 e. The minimum absolute atomic E-state index is 0.0499. The molecule has 0 saturated carbocycles. The summed E-state index contributed by atoms with van der Waals surface area (Å²) in [6, 6.07) is 1.94. The molecule has 126 valence electrons. The second-order valence-electron chi connectivity index (χ2n) is 4.34. The highest BCUT2D eigenvalue weighted by atomic mass is 31.2. The first-order valence-corrected chi connectivity index (χ1v) is 8.13.